The molecule has 0 bridgehead atoms. The van der Waals surface area contributed by atoms with E-state index in [4.69, 9.17) is 0 Å². The number of hydrogen-bond acceptors (Lipinski definition) is 2. The van der Waals surface area contributed by atoms with E-state index in [-0.39, 0.29) is 0 Å². The fourth-order valence-corrected chi connectivity index (χ4v) is 3.27. The third kappa shape index (κ3) is 3.06. The summed E-state index contributed by atoms with van der Waals surface area (Å²) in [7, 11) is 0. The van der Waals surface area contributed by atoms with E-state index in [1.54, 1.807) is 0 Å². The van der Waals surface area contributed by atoms with Crippen LogP contribution in [0.25, 0.3) is 0 Å². The van der Waals surface area contributed by atoms with Crippen LogP contribution in [0.4, 0.5) is 0 Å². The molecule has 0 atom stereocenters. The minimum absolute atomic E-state index is 0.947. The molecule has 0 amide bonds. The zero-order valence-electron chi connectivity index (χ0n) is 8.56. The van der Waals surface area contributed by atoms with E-state index in [2.05, 4.69) is 58.9 Å². The maximum Gasteiger partial charge on any atom is 0.0311 e. The molecule has 2 rings (SSSR count). The molecule has 16 heavy (non-hydrogen) atoms. The highest BCUT2D eigenvalue weighted by Crippen LogP contribution is 2.30. The Morgan fingerprint density at radius 1 is 1.00 bits per heavy atom. The highest BCUT2D eigenvalue weighted by molar-refractivity contribution is 9.10. The van der Waals surface area contributed by atoms with Gasteiger partial charge in [0, 0.05) is 20.0 Å². The van der Waals surface area contributed by atoms with Gasteiger partial charge in [-0.2, -0.15) is 0 Å². The molecule has 3 heteroatoms. The van der Waals surface area contributed by atoms with Crippen molar-refractivity contribution in [2.75, 3.05) is 0 Å². The predicted molar refractivity (Wildman–Crippen MR) is 77.4 cm³/mol. The second kappa shape index (κ2) is 5.80. The zero-order valence-corrected chi connectivity index (χ0v) is 11.9. The van der Waals surface area contributed by atoms with Gasteiger partial charge in [0.25, 0.3) is 0 Å². The molecule has 82 valence electrons. The molecule has 0 saturated heterocycles. The van der Waals surface area contributed by atoms with Crippen LogP contribution in [0.2, 0.25) is 0 Å². The maximum absolute atomic E-state index is 4.45. The molecule has 0 nitrogen and oxygen atoms in total. The fourth-order valence-electron chi connectivity index (χ4n) is 1.35. The van der Waals surface area contributed by atoms with Gasteiger partial charge < -0.3 is 0 Å². The van der Waals surface area contributed by atoms with Gasteiger partial charge in [0.15, 0.2) is 0 Å². The van der Waals surface area contributed by atoms with E-state index < -0.39 is 0 Å². The molecular formula is C13H11BrS2. The van der Waals surface area contributed by atoms with E-state index in [9.17, 15) is 0 Å². The van der Waals surface area contributed by atoms with Gasteiger partial charge in [0.1, 0.15) is 0 Å². The molecule has 2 aromatic rings. The standard InChI is InChI=1S/C13H11BrS2/c14-11-6-2-4-8-13(11)16-9-10-5-1-3-7-12(10)15/h1-8,15H,9H2. The number of benzene rings is 2. The smallest absolute Gasteiger partial charge is 0.0311 e. The topological polar surface area (TPSA) is 0 Å². The Hall–Kier alpha value is -0.380. The Labute approximate surface area is 114 Å². The van der Waals surface area contributed by atoms with Crippen molar-refractivity contribution >= 4 is 40.3 Å². The fraction of sp³-hybridized carbons (Fsp3) is 0.0769. The van der Waals surface area contributed by atoms with Crippen molar-refractivity contribution in [3.63, 3.8) is 0 Å². The number of rotatable bonds is 3. The lowest BCUT2D eigenvalue weighted by atomic mass is 10.2. The van der Waals surface area contributed by atoms with Crippen LogP contribution in [-0.2, 0) is 5.75 Å². The van der Waals surface area contributed by atoms with Gasteiger partial charge >= 0.3 is 0 Å². The Kier molecular flexibility index (Phi) is 4.38. The largest absolute Gasteiger partial charge is 0.143 e. The van der Waals surface area contributed by atoms with Gasteiger partial charge in [-0.15, -0.1) is 24.4 Å². The molecule has 0 heterocycles. The minimum atomic E-state index is 0.947. The summed E-state index contributed by atoms with van der Waals surface area (Å²) in [4.78, 5) is 2.32. The van der Waals surface area contributed by atoms with Crippen LogP contribution >= 0.6 is 40.3 Å². The van der Waals surface area contributed by atoms with Crippen molar-refractivity contribution in [1.29, 1.82) is 0 Å². The first-order valence-electron chi connectivity index (χ1n) is 4.91. The van der Waals surface area contributed by atoms with Crippen molar-refractivity contribution < 1.29 is 0 Å². The van der Waals surface area contributed by atoms with E-state index >= 15 is 0 Å². The van der Waals surface area contributed by atoms with Gasteiger partial charge in [-0.25, -0.2) is 0 Å². The molecule has 0 N–H and O–H groups in total. The predicted octanol–water partition coefficient (Wildman–Crippen LogP) is 5.03. The molecule has 0 aliphatic rings. The number of halogens is 1. The number of thiol groups is 1. The van der Waals surface area contributed by atoms with Crippen molar-refractivity contribution in [2.24, 2.45) is 0 Å². The second-order valence-electron chi connectivity index (χ2n) is 3.35. The summed E-state index contributed by atoms with van der Waals surface area (Å²) in [5, 5.41) is 0. The molecule has 0 saturated carbocycles. The minimum Gasteiger partial charge on any atom is -0.143 e. The van der Waals surface area contributed by atoms with Gasteiger partial charge in [-0.05, 0) is 39.7 Å². The third-order valence-corrected chi connectivity index (χ3v) is 4.72. The van der Waals surface area contributed by atoms with E-state index in [1.807, 2.05) is 30.0 Å². The van der Waals surface area contributed by atoms with Gasteiger partial charge in [0.2, 0.25) is 0 Å². The van der Waals surface area contributed by atoms with Gasteiger partial charge in [0.05, 0.1) is 0 Å². The average Bonchev–Trinajstić information content (AvgIpc) is 2.30. The van der Waals surface area contributed by atoms with Gasteiger partial charge in [-0.1, -0.05) is 30.3 Å². The highest BCUT2D eigenvalue weighted by atomic mass is 79.9. The molecule has 0 radical (unpaired) electrons. The van der Waals surface area contributed by atoms with Crippen molar-refractivity contribution in [3.8, 4) is 0 Å². The Bertz CT molecular complexity index is 437. The van der Waals surface area contributed by atoms with E-state index in [1.165, 1.54) is 10.5 Å². The third-order valence-electron chi connectivity index (χ3n) is 2.21. The first-order valence-corrected chi connectivity index (χ1v) is 7.14. The summed E-state index contributed by atoms with van der Waals surface area (Å²) in [6.45, 7) is 0. The Balaban J connectivity index is 2.09. The summed E-state index contributed by atoms with van der Waals surface area (Å²) in [5.41, 5.74) is 1.27. The zero-order chi connectivity index (χ0) is 11.4. The average molecular weight is 311 g/mol. The lowest BCUT2D eigenvalue weighted by molar-refractivity contribution is 1.27. The summed E-state index contributed by atoms with van der Waals surface area (Å²) >= 11 is 9.81. The second-order valence-corrected chi connectivity index (χ2v) is 5.70. The monoisotopic (exact) mass is 310 g/mol. The molecule has 0 aliphatic carbocycles. The summed E-state index contributed by atoms with van der Waals surface area (Å²) < 4.78 is 1.15. The first-order chi connectivity index (χ1) is 7.77. The molecule has 0 aromatic heterocycles. The lowest BCUT2D eigenvalue weighted by Gasteiger charge is -2.06. The normalized spacial score (nSPS) is 10.4. The first kappa shape index (κ1) is 12.1. The summed E-state index contributed by atoms with van der Waals surface area (Å²) in [6, 6.07) is 16.5. The van der Waals surface area contributed by atoms with Crippen molar-refractivity contribution in [1.82, 2.24) is 0 Å². The Morgan fingerprint density at radius 2 is 1.69 bits per heavy atom. The Morgan fingerprint density at radius 3 is 2.44 bits per heavy atom. The maximum atomic E-state index is 4.45. The van der Waals surface area contributed by atoms with Crippen molar-refractivity contribution in [2.45, 2.75) is 15.5 Å². The molecular weight excluding hydrogens is 300 g/mol. The van der Waals surface area contributed by atoms with Crippen LogP contribution in [0.5, 0.6) is 0 Å². The summed E-state index contributed by atoms with van der Waals surface area (Å²) in [5.74, 6) is 0.947. The molecule has 0 unspecified atom stereocenters. The lowest BCUT2D eigenvalue weighted by Crippen LogP contribution is -1.83. The number of hydrogen-bond donors (Lipinski definition) is 1. The van der Waals surface area contributed by atoms with E-state index in [0.717, 1.165) is 15.1 Å². The van der Waals surface area contributed by atoms with Crippen LogP contribution < -0.4 is 0 Å². The van der Waals surface area contributed by atoms with Crippen molar-refractivity contribution in [3.05, 3.63) is 58.6 Å². The quantitative estimate of drug-likeness (QED) is 0.613. The molecule has 2 aromatic carbocycles. The molecule has 0 spiro atoms. The van der Waals surface area contributed by atoms with Gasteiger partial charge in [-0.3, -0.25) is 0 Å². The van der Waals surface area contributed by atoms with Crippen LogP contribution in [-0.4, -0.2) is 0 Å². The van der Waals surface area contributed by atoms with Crippen LogP contribution in [0.15, 0.2) is 62.8 Å². The molecule has 0 aliphatic heterocycles. The van der Waals surface area contributed by atoms with E-state index in [0.29, 0.717) is 0 Å². The number of thioether (sulfide) groups is 1. The SMILES string of the molecule is Sc1ccccc1CSc1ccccc1Br. The van der Waals surface area contributed by atoms with Crippen LogP contribution in [0.1, 0.15) is 5.56 Å². The summed E-state index contributed by atoms with van der Waals surface area (Å²) in [6.07, 6.45) is 0. The van der Waals surface area contributed by atoms with Crippen LogP contribution in [0, 0.1) is 0 Å². The highest BCUT2D eigenvalue weighted by Gasteiger charge is 2.02. The van der Waals surface area contributed by atoms with Crippen LogP contribution in [0.3, 0.4) is 0 Å². The molecule has 0 fully saturated rings.